The first kappa shape index (κ1) is 19.0. The number of carbonyl (C=O) groups is 2. The smallest absolute Gasteiger partial charge is 0.225 e. The van der Waals surface area contributed by atoms with Crippen LogP contribution in [0, 0.1) is 12.8 Å². The number of hydrogen-bond donors (Lipinski definition) is 1. The molecule has 2 heterocycles. The van der Waals surface area contributed by atoms with Gasteiger partial charge >= 0.3 is 0 Å². The standard InChI is InChI=1S/C23H30N2O3/c1-14(2)19-12-20-17(13-28-21(20)10-15(19)3)11-22(26)24-18-6-8-25(9-7-18)23(27)16-4-5-16/h10,12-14,16,18H,4-9,11H2,1-3H3,(H,24,26). The van der Waals surface area contributed by atoms with E-state index in [0.29, 0.717) is 18.2 Å². The minimum absolute atomic E-state index is 0.0290. The Labute approximate surface area is 166 Å². The van der Waals surface area contributed by atoms with Crippen LogP contribution in [0.5, 0.6) is 0 Å². The van der Waals surface area contributed by atoms with Gasteiger partial charge in [-0.1, -0.05) is 13.8 Å². The molecule has 0 atom stereocenters. The molecule has 28 heavy (non-hydrogen) atoms. The number of nitrogens with one attached hydrogen (secondary N) is 1. The first-order valence-corrected chi connectivity index (χ1v) is 10.5. The molecule has 1 aromatic carbocycles. The zero-order valence-electron chi connectivity index (χ0n) is 17.1. The van der Waals surface area contributed by atoms with E-state index in [1.807, 2.05) is 4.90 Å². The highest BCUT2D eigenvalue weighted by molar-refractivity contribution is 5.88. The highest BCUT2D eigenvalue weighted by Gasteiger charge is 2.35. The van der Waals surface area contributed by atoms with Gasteiger partial charge in [0.05, 0.1) is 12.7 Å². The highest BCUT2D eigenvalue weighted by atomic mass is 16.3. The molecule has 2 aliphatic rings. The predicted octanol–water partition coefficient (Wildman–Crippen LogP) is 3.92. The van der Waals surface area contributed by atoms with Crippen molar-refractivity contribution in [1.29, 1.82) is 0 Å². The summed E-state index contributed by atoms with van der Waals surface area (Å²) in [4.78, 5) is 26.7. The Morgan fingerprint density at radius 2 is 1.89 bits per heavy atom. The molecule has 5 heteroatoms. The molecule has 1 saturated carbocycles. The van der Waals surface area contributed by atoms with Crippen LogP contribution in [-0.2, 0) is 16.0 Å². The van der Waals surface area contributed by atoms with Gasteiger partial charge in [0.25, 0.3) is 0 Å². The van der Waals surface area contributed by atoms with E-state index in [1.54, 1.807) is 6.26 Å². The van der Waals surface area contributed by atoms with Gasteiger partial charge in [-0.2, -0.15) is 0 Å². The van der Waals surface area contributed by atoms with Gasteiger partial charge in [0.1, 0.15) is 5.58 Å². The third kappa shape index (κ3) is 3.94. The van der Waals surface area contributed by atoms with Gasteiger partial charge in [-0.05, 0) is 61.8 Å². The maximum absolute atomic E-state index is 12.6. The molecule has 0 radical (unpaired) electrons. The molecule has 0 unspecified atom stereocenters. The van der Waals surface area contributed by atoms with Crippen molar-refractivity contribution in [2.24, 2.45) is 5.92 Å². The van der Waals surface area contributed by atoms with Crippen molar-refractivity contribution in [2.45, 2.75) is 64.8 Å². The molecular formula is C23H30N2O3. The Bertz CT molecular complexity index is 887. The molecule has 150 valence electrons. The van der Waals surface area contributed by atoms with Crippen molar-refractivity contribution in [3.8, 4) is 0 Å². The second kappa shape index (κ2) is 7.61. The van der Waals surface area contributed by atoms with Gasteiger partial charge in [0, 0.05) is 36.0 Å². The fourth-order valence-corrected chi connectivity index (χ4v) is 4.29. The SMILES string of the molecule is Cc1cc2occ(CC(=O)NC3CCN(C(=O)C4CC4)CC3)c2cc1C(C)C. The summed E-state index contributed by atoms with van der Waals surface area (Å²) in [5.41, 5.74) is 4.30. The average molecular weight is 383 g/mol. The van der Waals surface area contributed by atoms with Crippen LogP contribution in [0.1, 0.15) is 62.1 Å². The fraction of sp³-hybridized carbons (Fsp3) is 0.565. The summed E-state index contributed by atoms with van der Waals surface area (Å²) in [5, 5.41) is 4.19. The Hall–Kier alpha value is -2.30. The second-order valence-electron chi connectivity index (χ2n) is 8.74. The average Bonchev–Trinajstić information content (AvgIpc) is 3.44. The molecule has 1 aromatic heterocycles. The molecule has 4 rings (SSSR count). The number of furan rings is 1. The quantitative estimate of drug-likeness (QED) is 0.852. The minimum atomic E-state index is 0.0290. The van der Waals surface area contributed by atoms with Crippen LogP contribution in [0.2, 0.25) is 0 Å². The van der Waals surface area contributed by atoms with Crippen LogP contribution in [0.15, 0.2) is 22.8 Å². The second-order valence-corrected chi connectivity index (χ2v) is 8.74. The normalized spacial score (nSPS) is 18.1. The van der Waals surface area contributed by atoms with E-state index in [2.05, 4.69) is 38.2 Å². The van der Waals surface area contributed by atoms with Crippen molar-refractivity contribution >= 4 is 22.8 Å². The van der Waals surface area contributed by atoms with Crippen molar-refractivity contribution in [2.75, 3.05) is 13.1 Å². The number of piperidine rings is 1. The Morgan fingerprint density at radius 1 is 1.18 bits per heavy atom. The third-order valence-corrected chi connectivity index (χ3v) is 6.11. The number of benzene rings is 1. The van der Waals surface area contributed by atoms with Crippen molar-refractivity contribution in [3.63, 3.8) is 0 Å². The molecule has 1 aliphatic heterocycles. The molecule has 2 fully saturated rings. The van der Waals surface area contributed by atoms with Crippen molar-refractivity contribution in [1.82, 2.24) is 10.2 Å². The Kier molecular flexibility index (Phi) is 5.17. The molecule has 0 spiro atoms. The zero-order chi connectivity index (χ0) is 19.8. The molecule has 1 aliphatic carbocycles. The lowest BCUT2D eigenvalue weighted by Crippen LogP contribution is -2.47. The van der Waals surface area contributed by atoms with Gasteiger partial charge < -0.3 is 14.6 Å². The number of likely N-dealkylation sites (tertiary alicyclic amines) is 1. The topological polar surface area (TPSA) is 62.6 Å². The van der Waals surface area contributed by atoms with E-state index < -0.39 is 0 Å². The Balaban J connectivity index is 1.36. The highest BCUT2D eigenvalue weighted by Crippen LogP contribution is 2.32. The lowest BCUT2D eigenvalue weighted by Gasteiger charge is -2.32. The van der Waals surface area contributed by atoms with Gasteiger partial charge in [-0.15, -0.1) is 0 Å². The van der Waals surface area contributed by atoms with Crippen molar-refractivity contribution in [3.05, 3.63) is 35.1 Å². The van der Waals surface area contributed by atoms with E-state index in [9.17, 15) is 9.59 Å². The van der Waals surface area contributed by atoms with Crippen molar-refractivity contribution < 1.29 is 14.0 Å². The van der Waals surface area contributed by atoms with E-state index in [1.165, 1.54) is 11.1 Å². The third-order valence-electron chi connectivity index (χ3n) is 6.11. The van der Waals surface area contributed by atoms with Crippen LogP contribution >= 0.6 is 0 Å². The van der Waals surface area contributed by atoms with E-state index >= 15 is 0 Å². The first-order chi connectivity index (χ1) is 13.4. The fourth-order valence-electron chi connectivity index (χ4n) is 4.29. The molecule has 1 saturated heterocycles. The summed E-state index contributed by atoms with van der Waals surface area (Å²) in [7, 11) is 0. The minimum Gasteiger partial charge on any atom is -0.464 e. The maximum atomic E-state index is 12.6. The van der Waals surface area contributed by atoms with Gasteiger partial charge in [-0.25, -0.2) is 0 Å². The monoisotopic (exact) mass is 382 g/mol. The molecule has 1 N–H and O–H groups in total. The summed E-state index contributed by atoms with van der Waals surface area (Å²) in [6.45, 7) is 7.98. The number of nitrogens with zero attached hydrogens (tertiary/aromatic N) is 1. The van der Waals surface area contributed by atoms with Crippen LogP contribution in [-0.4, -0.2) is 35.8 Å². The van der Waals surface area contributed by atoms with Crippen LogP contribution in [0.25, 0.3) is 11.0 Å². The Morgan fingerprint density at radius 3 is 2.54 bits per heavy atom. The molecular weight excluding hydrogens is 352 g/mol. The maximum Gasteiger partial charge on any atom is 0.225 e. The van der Waals surface area contributed by atoms with E-state index in [-0.39, 0.29) is 17.9 Å². The van der Waals surface area contributed by atoms with Gasteiger partial charge in [0.15, 0.2) is 0 Å². The lowest BCUT2D eigenvalue weighted by atomic mass is 9.95. The largest absolute Gasteiger partial charge is 0.464 e. The number of amides is 2. The molecule has 5 nitrogen and oxygen atoms in total. The summed E-state index contributed by atoms with van der Waals surface area (Å²) in [6.07, 6.45) is 5.82. The summed E-state index contributed by atoms with van der Waals surface area (Å²) in [6, 6.07) is 4.39. The number of aryl methyl sites for hydroxylation is 1. The van der Waals surface area contributed by atoms with Gasteiger partial charge in [-0.3, -0.25) is 9.59 Å². The van der Waals surface area contributed by atoms with Crippen LogP contribution in [0.4, 0.5) is 0 Å². The molecule has 2 aromatic rings. The number of hydrogen-bond acceptors (Lipinski definition) is 3. The van der Waals surface area contributed by atoms with Crippen LogP contribution in [0.3, 0.4) is 0 Å². The lowest BCUT2D eigenvalue weighted by molar-refractivity contribution is -0.133. The van der Waals surface area contributed by atoms with E-state index in [0.717, 1.165) is 55.3 Å². The number of carbonyl (C=O) groups excluding carboxylic acids is 2. The summed E-state index contributed by atoms with van der Waals surface area (Å²) < 4.78 is 5.70. The van der Waals surface area contributed by atoms with Gasteiger partial charge in [0.2, 0.25) is 11.8 Å². The van der Waals surface area contributed by atoms with E-state index in [4.69, 9.17) is 4.42 Å². The molecule has 2 amide bonds. The summed E-state index contributed by atoms with van der Waals surface area (Å²) >= 11 is 0. The number of rotatable bonds is 5. The molecule has 0 bridgehead atoms. The van der Waals surface area contributed by atoms with Crippen LogP contribution < -0.4 is 5.32 Å². The zero-order valence-corrected chi connectivity index (χ0v) is 17.1. The first-order valence-electron chi connectivity index (χ1n) is 10.5. The predicted molar refractivity (Wildman–Crippen MR) is 109 cm³/mol. The number of fused-ring (bicyclic) bond motifs is 1. The summed E-state index contributed by atoms with van der Waals surface area (Å²) in [5.74, 6) is 1.05.